The van der Waals surface area contributed by atoms with Gasteiger partial charge in [-0.15, -0.1) is 0 Å². The van der Waals surface area contributed by atoms with E-state index in [0.29, 0.717) is 6.07 Å². The molecule has 2 rings (SSSR count). The molecule has 0 aliphatic heterocycles. The van der Waals surface area contributed by atoms with Gasteiger partial charge in [0.1, 0.15) is 5.75 Å². The first-order valence-corrected chi connectivity index (χ1v) is 6.41. The van der Waals surface area contributed by atoms with E-state index >= 15 is 0 Å². The van der Waals surface area contributed by atoms with Crippen LogP contribution >= 0.6 is 0 Å². The Kier molecular flexibility index (Phi) is 4.59. The van der Waals surface area contributed by atoms with E-state index < -0.39 is 34.6 Å². The van der Waals surface area contributed by atoms with E-state index in [1.54, 1.807) is 0 Å². The van der Waals surface area contributed by atoms with Crippen LogP contribution in [0.1, 0.15) is 21.5 Å². The van der Waals surface area contributed by atoms with Gasteiger partial charge in [0.15, 0.2) is 6.29 Å². The molecule has 0 saturated carbocycles. The lowest BCUT2D eigenvalue weighted by Crippen LogP contribution is -2.14. The Morgan fingerprint density at radius 1 is 1.08 bits per heavy atom. The average Bonchev–Trinajstić information content (AvgIpc) is 2.51. The summed E-state index contributed by atoms with van der Waals surface area (Å²) in [4.78, 5) is 11.2. The lowest BCUT2D eigenvalue weighted by Gasteiger charge is -2.19. The number of alkyl halides is 6. The highest BCUT2D eigenvalue weighted by Gasteiger charge is 2.40. The maximum Gasteiger partial charge on any atom is 0.417 e. The summed E-state index contributed by atoms with van der Waals surface area (Å²) in [6, 6.07) is 6.62. The van der Waals surface area contributed by atoms with Gasteiger partial charge in [0.05, 0.1) is 18.2 Å². The van der Waals surface area contributed by atoms with Crippen molar-refractivity contribution in [3.05, 3.63) is 53.1 Å². The van der Waals surface area contributed by atoms with Gasteiger partial charge in [-0.3, -0.25) is 4.79 Å². The Labute approximate surface area is 132 Å². The summed E-state index contributed by atoms with van der Waals surface area (Å²) in [7, 11) is 1.19. The third-order valence-electron chi connectivity index (χ3n) is 3.24. The van der Waals surface area contributed by atoms with Crippen molar-refractivity contribution in [2.75, 3.05) is 7.11 Å². The summed E-state index contributed by atoms with van der Waals surface area (Å²) in [6.07, 6.45) is -10.2. The van der Waals surface area contributed by atoms with Gasteiger partial charge in [0, 0.05) is 16.7 Å². The quantitative estimate of drug-likeness (QED) is 0.576. The van der Waals surface area contributed by atoms with Gasteiger partial charge in [0.2, 0.25) is 0 Å². The Morgan fingerprint density at radius 3 is 2.25 bits per heavy atom. The van der Waals surface area contributed by atoms with Crippen molar-refractivity contribution in [1.82, 2.24) is 0 Å². The molecule has 2 aromatic carbocycles. The van der Waals surface area contributed by atoms with Gasteiger partial charge in [-0.2, -0.15) is 26.3 Å². The molecule has 24 heavy (non-hydrogen) atoms. The minimum absolute atomic E-state index is 0.0154. The first kappa shape index (κ1) is 17.8. The molecule has 0 unspecified atom stereocenters. The maximum atomic E-state index is 13.3. The second kappa shape index (κ2) is 6.18. The first-order valence-electron chi connectivity index (χ1n) is 6.41. The normalized spacial score (nSPS) is 12.1. The highest BCUT2D eigenvalue weighted by Crippen LogP contribution is 2.44. The van der Waals surface area contributed by atoms with E-state index in [0.717, 1.165) is 0 Å². The van der Waals surface area contributed by atoms with Crippen LogP contribution in [-0.4, -0.2) is 13.4 Å². The first-order chi connectivity index (χ1) is 11.1. The summed E-state index contributed by atoms with van der Waals surface area (Å²) in [5, 5.41) is 0. The predicted molar refractivity (Wildman–Crippen MR) is 72.7 cm³/mol. The third kappa shape index (κ3) is 3.37. The summed E-state index contributed by atoms with van der Waals surface area (Å²) in [5.41, 5.74) is -4.68. The van der Waals surface area contributed by atoms with Gasteiger partial charge in [-0.25, -0.2) is 0 Å². The highest BCUT2D eigenvalue weighted by molar-refractivity contribution is 5.91. The molecular formula is C16H9F6O2. The molecular weight excluding hydrogens is 338 g/mol. The van der Waals surface area contributed by atoms with Crippen molar-refractivity contribution in [3.63, 3.8) is 0 Å². The van der Waals surface area contributed by atoms with Crippen molar-refractivity contribution in [2.45, 2.75) is 12.4 Å². The van der Waals surface area contributed by atoms with E-state index in [9.17, 15) is 31.1 Å². The molecule has 0 N–H and O–H groups in total. The van der Waals surface area contributed by atoms with Gasteiger partial charge in [-0.05, 0) is 30.3 Å². The van der Waals surface area contributed by atoms with Crippen LogP contribution in [-0.2, 0) is 12.4 Å². The minimum Gasteiger partial charge on any atom is -0.496 e. The number of methoxy groups -OCH3 is 1. The standard InChI is InChI=1S/C16H9F6O2/c1-24-13-5-3-2-4-11(13)14-9(8-23)6-10(15(17,18)19)7-12(14)16(20,21)22/h2,4-8H,1H3. The number of benzene rings is 2. The van der Waals surface area contributed by atoms with Crippen molar-refractivity contribution < 1.29 is 35.9 Å². The molecule has 0 aliphatic carbocycles. The Bertz CT molecular complexity index is 762. The Hall–Kier alpha value is -2.51. The number of carbonyl (C=O) groups excluding carboxylic acids is 1. The second-order valence-corrected chi connectivity index (χ2v) is 4.73. The van der Waals surface area contributed by atoms with Gasteiger partial charge < -0.3 is 4.74 Å². The number of halogens is 6. The average molecular weight is 347 g/mol. The summed E-state index contributed by atoms with van der Waals surface area (Å²) >= 11 is 0. The van der Waals surface area contributed by atoms with Crippen molar-refractivity contribution >= 4 is 6.29 Å². The van der Waals surface area contributed by atoms with Gasteiger partial charge in [-0.1, -0.05) is 6.07 Å². The fourth-order valence-corrected chi connectivity index (χ4v) is 2.24. The Morgan fingerprint density at radius 2 is 1.75 bits per heavy atom. The van der Waals surface area contributed by atoms with Crippen molar-refractivity contribution in [2.24, 2.45) is 0 Å². The van der Waals surface area contributed by atoms with Crippen LogP contribution in [0.5, 0.6) is 5.75 Å². The van der Waals surface area contributed by atoms with Gasteiger partial charge >= 0.3 is 12.4 Å². The molecule has 0 saturated heterocycles. The zero-order valence-corrected chi connectivity index (χ0v) is 12.0. The molecule has 0 spiro atoms. The topological polar surface area (TPSA) is 26.3 Å². The minimum atomic E-state index is -5.10. The predicted octanol–water partition coefficient (Wildman–Crippen LogP) is 5.01. The number of carbonyl (C=O) groups is 1. The highest BCUT2D eigenvalue weighted by atomic mass is 19.4. The lowest BCUT2D eigenvalue weighted by atomic mass is 9.91. The van der Waals surface area contributed by atoms with Crippen molar-refractivity contribution in [3.8, 4) is 16.9 Å². The maximum absolute atomic E-state index is 13.3. The number of hydrogen-bond acceptors (Lipinski definition) is 2. The monoisotopic (exact) mass is 347 g/mol. The van der Waals surface area contributed by atoms with Gasteiger partial charge in [0.25, 0.3) is 0 Å². The van der Waals surface area contributed by atoms with E-state index in [1.807, 2.05) is 0 Å². The fraction of sp³-hybridized carbons (Fsp3) is 0.188. The molecule has 2 nitrogen and oxygen atoms in total. The molecule has 0 atom stereocenters. The van der Waals surface area contributed by atoms with Crippen LogP contribution in [0.15, 0.2) is 30.3 Å². The number of aldehydes is 1. The number of hydrogen-bond donors (Lipinski definition) is 0. The van der Waals surface area contributed by atoms with Crippen molar-refractivity contribution in [1.29, 1.82) is 0 Å². The smallest absolute Gasteiger partial charge is 0.417 e. The molecule has 1 radical (unpaired) electrons. The zero-order chi connectivity index (χ0) is 18.1. The van der Waals surface area contributed by atoms with E-state index in [1.165, 1.54) is 25.3 Å². The van der Waals surface area contributed by atoms with Crippen LogP contribution in [0.4, 0.5) is 26.3 Å². The second-order valence-electron chi connectivity index (χ2n) is 4.73. The summed E-state index contributed by atoms with van der Waals surface area (Å²) in [5.74, 6) is -0.0501. The van der Waals surface area contributed by atoms with Crippen LogP contribution < -0.4 is 4.74 Å². The molecule has 8 heteroatoms. The molecule has 2 aromatic rings. The van der Waals surface area contributed by atoms with E-state index in [2.05, 4.69) is 6.07 Å². The van der Waals surface area contributed by atoms with E-state index in [4.69, 9.17) is 4.74 Å². The molecule has 0 aromatic heterocycles. The fourth-order valence-electron chi connectivity index (χ4n) is 2.24. The molecule has 0 heterocycles. The third-order valence-corrected chi connectivity index (χ3v) is 3.24. The molecule has 0 aliphatic rings. The lowest BCUT2D eigenvalue weighted by molar-refractivity contribution is -0.142. The van der Waals surface area contributed by atoms with Crippen LogP contribution in [0, 0.1) is 6.07 Å². The molecule has 0 bridgehead atoms. The largest absolute Gasteiger partial charge is 0.496 e. The van der Waals surface area contributed by atoms with Crippen LogP contribution in [0.25, 0.3) is 11.1 Å². The SMILES string of the molecule is COc1c[c]ccc1-c1c(C=O)cc(C(F)(F)F)cc1C(F)(F)F. The molecule has 0 fully saturated rings. The molecule has 0 amide bonds. The van der Waals surface area contributed by atoms with Crippen LogP contribution in [0.3, 0.4) is 0 Å². The number of rotatable bonds is 3. The number of ether oxygens (including phenoxy) is 1. The van der Waals surface area contributed by atoms with E-state index in [-0.39, 0.29) is 23.7 Å². The summed E-state index contributed by atoms with van der Waals surface area (Å²) < 4.78 is 83.4. The van der Waals surface area contributed by atoms with Crippen LogP contribution in [0.2, 0.25) is 0 Å². The zero-order valence-electron chi connectivity index (χ0n) is 12.0. The Balaban J connectivity index is 2.91. The summed E-state index contributed by atoms with van der Waals surface area (Å²) in [6.45, 7) is 0. The molecule has 127 valence electrons.